The van der Waals surface area contributed by atoms with Crippen molar-refractivity contribution in [2.24, 2.45) is 0 Å². The van der Waals surface area contributed by atoms with Gasteiger partial charge >= 0.3 is 0 Å². The average molecular weight is 278 g/mol. The largest absolute Gasteiger partial charge is 0.318 e. The van der Waals surface area contributed by atoms with Crippen LogP contribution in [-0.2, 0) is 10.2 Å². The zero-order valence-electron chi connectivity index (χ0n) is 10.6. The van der Waals surface area contributed by atoms with Gasteiger partial charge in [0.1, 0.15) is 6.17 Å². The third-order valence-electron chi connectivity index (χ3n) is 2.98. The molecule has 0 saturated carbocycles. The Morgan fingerprint density at radius 1 is 1.61 bits per heavy atom. The van der Waals surface area contributed by atoms with E-state index in [2.05, 4.69) is 5.32 Å². The third kappa shape index (κ3) is 3.38. The molecule has 0 aromatic carbocycles. The van der Waals surface area contributed by atoms with Gasteiger partial charge in [-0.1, -0.05) is 0 Å². The van der Waals surface area contributed by atoms with Crippen molar-refractivity contribution in [3.63, 3.8) is 0 Å². The van der Waals surface area contributed by atoms with Gasteiger partial charge in [-0.25, -0.2) is 4.39 Å². The summed E-state index contributed by atoms with van der Waals surface area (Å²) >= 11 is 0. The predicted molar refractivity (Wildman–Crippen MR) is 65.7 cm³/mol. The molecule has 8 heteroatoms. The zero-order valence-corrected chi connectivity index (χ0v) is 11.5. The van der Waals surface area contributed by atoms with Crippen LogP contribution in [0.2, 0.25) is 0 Å². The van der Waals surface area contributed by atoms with E-state index < -0.39 is 16.4 Å². The van der Waals surface area contributed by atoms with Gasteiger partial charge in [-0.3, -0.25) is 0 Å². The number of hydrogen-bond donors (Lipinski definition) is 1. The van der Waals surface area contributed by atoms with Crippen LogP contribution in [0, 0.1) is 11.3 Å². The molecule has 1 rings (SSSR count). The molecule has 0 amide bonds. The molecule has 1 fully saturated rings. The zero-order chi connectivity index (χ0) is 13.8. The van der Waals surface area contributed by atoms with E-state index in [4.69, 9.17) is 5.26 Å². The summed E-state index contributed by atoms with van der Waals surface area (Å²) in [7, 11) is -0.564. The third-order valence-corrected chi connectivity index (χ3v) is 4.99. The molecule has 1 aliphatic rings. The number of nitrogens with one attached hydrogen (secondary N) is 1. The van der Waals surface area contributed by atoms with Crippen molar-refractivity contribution >= 4 is 10.2 Å². The molecule has 0 bridgehead atoms. The highest BCUT2D eigenvalue weighted by atomic mass is 32.2. The second-order valence-electron chi connectivity index (χ2n) is 4.35. The lowest BCUT2D eigenvalue weighted by molar-refractivity contribution is 0.324. The van der Waals surface area contributed by atoms with Crippen LogP contribution >= 0.6 is 0 Å². The van der Waals surface area contributed by atoms with Crippen LogP contribution < -0.4 is 5.32 Å². The molecule has 0 spiro atoms. The Kier molecular flexibility index (Phi) is 5.47. The van der Waals surface area contributed by atoms with E-state index in [1.165, 1.54) is 11.4 Å². The number of hydrogen-bond acceptors (Lipinski definition) is 4. The standard InChI is InChI=1S/C10H19FN4O2S/c1-13-7-10-6-9(11)8-15(10)18(16,17)14(2)5-3-4-12/h9-10,13H,3,5-8H2,1-2H3/t9-,10-/m0/s1. The van der Waals surface area contributed by atoms with E-state index in [0.717, 1.165) is 4.31 Å². The minimum absolute atomic E-state index is 0.106. The Balaban J connectivity index is 2.79. The van der Waals surface area contributed by atoms with Crippen LogP contribution in [-0.4, -0.2) is 63.0 Å². The monoisotopic (exact) mass is 278 g/mol. The van der Waals surface area contributed by atoms with Gasteiger partial charge in [-0.05, 0) is 13.5 Å². The summed E-state index contributed by atoms with van der Waals surface area (Å²) in [5.41, 5.74) is 0. The molecule has 0 aromatic rings. The SMILES string of the molecule is CNC[C@@H]1C[C@H](F)CN1S(=O)(=O)N(C)CCC#N. The first-order valence-corrected chi connectivity index (χ1v) is 7.22. The highest BCUT2D eigenvalue weighted by Gasteiger charge is 2.40. The fraction of sp³-hybridized carbons (Fsp3) is 0.900. The van der Waals surface area contributed by atoms with Crippen molar-refractivity contribution in [2.45, 2.75) is 25.1 Å². The van der Waals surface area contributed by atoms with E-state index in [0.29, 0.717) is 6.54 Å². The maximum atomic E-state index is 13.4. The number of halogens is 1. The Morgan fingerprint density at radius 2 is 2.28 bits per heavy atom. The van der Waals surface area contributed by atoms with Gasteiger partial charge in [0.15, 0.2) is 0 Å². The van der Waals surface area contributed by atoms with Gasteiger partial charge in [-0.15, -0.1) is 0 Å². The number of likely N-dealkylation sites (N-methyl/N-ethyl adjacent to an activating group) is 1. The van der Waals surface area contributed by atoms with Crippen molar-refractivity contribution in [3.05, 3.63) is 0 Å². The molecule has 1 aliphatic heterocycles. The maximum Gasteiger partial charge on any atom is 0.282 e. The molecule has 104 valence electrons. The van der Waals surface area contributed by atoms with Crippen molar-refractivity contribution in [1.82, 2.24) is 13.9 Å². The smallest absolute Gasteiger partial charge is 0.282 e. The lowest BCUT2D eigenvalue weighted by atomic mass is 10.2. The van der Waals surface area contributed by atoms with Crippen molar-refractivity contribution < 1.29 is 12.8 Å². The van der Waals surface area contributed by atoms with Gasteiger partial charge in [0, 0.05) is 39.1 Å². The topological polar surface area (TPSA) is 76.4 Å². The van der Waals surface area contributed by atoms with Gasteiger partial charge in [0.25, 0.3) is 10.2 Å². The molecule has 1 heterocycles. The molecular weight excluding hydrogens is 259 g/mol. The van der Waals surface area contributed by atoms with Crippen molar-refractivity contribution in [3.8, 4) is 6.07 Å². The van der Waals surface area contributed by atoms with E-state index in [9.17, 15) is 12.8 Å². The molecule has 0 aliphatic carbocycles. The van der Waals surface area contributed by atoms with E-state index in [1.807, 2.05) is 6.07 Å². The molecular formula is C10H19FN4O2S. The first-order chi connectivity index (χ1) is 8.43. The summed E-state index contributed by atoms with van der Waals surface area (Å²) < 4.78 is 40.1. The van der Waals surface area contributed by atoms with Gasteiger partial charge in [0.2, 0.25) is 0 Å². The molecule has 6 nitrogen and oxygen atoms in total. The van der Waals surface area contributed by atoms with Gasteiger partial charge in [-0.2, -0.15) is 22.3 Å². The summed E-state index contributed by atoms with van der Waals surface area (Å²) in [4.78, 5) is 0. The van der Waals surface area contributed by atoms with Gasteiger partial charge in [0.05, 0.1) is 6.07 Å². The van der Waals surface area contributed by atoms with Crippen molar-refractivity contribution in [2.75, 3.05) is 33.7 Å². The van der Waals surface area contributed by atoms with Crippen molar-refractivity contribution in [1.29, 1.82) is 5.26 Å². The normalized spacial score (nSPS) is 25.5. The van der Waals surface area contributed by atoms with E-state index in [1.54, 1.807) is 7.05 Å². The molecule has 2 atom stereocenters. The van der Waals surface area contributed by atoms with Crippen LogP contribution in [0.25, 0.3) is 0 Å². The Morgan fingerprint density at radius 3 is 2.83 bits per heavy atom. The summed E-state index contributed by atoms with van der Waals surface area (Å²) in [6.07, 6.45) is -0.784. The quantitative estimate of drug-likeness (QED) is 0.724. The number of nitrogens with zero attached hydrogens (tertiary/aromatic N) is 3. The molecule has 0 unspecified atom stereocenters. The maximum absolute atomic E-state index is 13.4. The molecule has 0 radical (unpaired) electrons. The van der Waals surface area contributed by atoms with Crippen LogP contribution in [0.3, 0.4) is 0 Å². The number of nitriles is 1. The second-order valence-corrected chi connectivity index (χ2v) is 6.34. The van der Waals surface area contributed by atoms with Crippen LogP contribution in [0.1, 0.15) is 12.8 Å². The molecule has 18 heavy (non-hydrogen) atoms. The Hall–Kier alpha value is -0.750. The number of rotatable bonds is 6. The second kappa shape index (κ2) is 6.43. The lowest BCUT2D eigenvalue weighted by Gasteiger charge is -2.28. The average Bonchev–Trinajstić information content (AvgIpc) is 2.68. The summed E-state index contributed by atoms with van der Waals surface area (Å²) in [5, 5.41) is 11.3. The highest BCUT2D eigenvalue weighted by molar-refractivity contribution is 7.86. The first kappa shape index (κ1) is 15.3. The van der Waals surface area contributed by atoms with Crippen LogP contribution in [0.4, 0.5) is 4.39 Å². The molecule has 1 N–H and O–H groups in total. The lowest BCUT2D eigenvalue weighted by Crippen LogP contribution is -2.47. The highest BCUT2D eigenvalue weighted by Crippen LogP contribution is 2.24. The number of alkyl halides is 1. The molecule has 0 aromatic heterocycles. The Bertz CT molecular complexity index is 409. The van der Waals surface area contributed by atoms with E-state index >= 15 is 0 Å². The Labute approximate surface area is 108 Å². The predicted octanol–water partition coefficient (Wildman–Crippen LogP) is -0.292. The minimum Gasteiger partial charge on any atom is -0.318 e. The van der Waals surface area contributed by atoms with E-state index in [-0.39, 0.29) is 32.0 Å². The van der Waals surface area contributed by atoms with Gasteiger partial charge < -0.3 is 5.32 Å². The summed E-state index contributed by atoms with van der Waals surface area (Å²) in [5.74, 6) is 0. The summed E-state index contributed by atoms with van der Waals surface area (Å²) in [6.45, 7) is 0.440. The van der Waals surface area contributed by atoms with Crippen LogP contribution in [0.5, 0.6) is 0 Å². The fourth-order valence-corrected chi connectivity index (χ4v) is 3.60. The van der Waals surface area contributed by atoms with Crippen LogP contribution in [0.15, 0.2) is 0 Å². The fourth-order valence-electron chi connectivity index (χ4n) is 2.04. The first-order valence-electron chi connectivity index (χ1n) is 5.82. The summed E-state index contributed by atoms with van der Waals surface area (Å²) in [6, 6.07) is 1.53. The minimum atomic E-state index is -3.68. The molecule has 1 saturated heterocycles.